The molecule has 0 radical (unpaired) electrons. The number of hydrogen-bond donors (Lipinski definition) is 2. The molecule has 6 nitrogen and oxygen atoms in total. The normalized spacial score (nSPS) is 10.2. The van der Waals surface area contributed by atoms with Gasteiger partial charge in [0.25, 0.3) is 0 Å². The first kappa shape index (κ1) is 13.3. The molecule has 100 valence electrons. The SMILES string of the molecule is COc1ccc(CNc2snc(C)c2C(=O)O)cn1. The van der Waals surface area contributed by atoms with Crippen LogP contribution >= 0.6 is 11.5 Å². The van der Waals surface area contributed by atoms with Crippen LogP contribution < -0.4 is 10.1 Å². The van der Waals surface area contributed by atoms with Crippen LogP contribution in [0.3, 0.4) is 0 Å². The number of carboxylic acid groups (broad SMARTS) is 1. The first-order chi connectivity index (χ1) is 9.11. The first-order valence-corrected chi connectivity index (χ1v) is 6.31. The van der Waals surface area contributed by atoms with Crippen LogP contribution in [0, 0.1) is 6.92 Å². The maximum atomic E-state index is 11.1. The summed E-state index contributed by atoms with van der Waals surface area (Å²) in [6.45, 7) is 2.17. The van der Waals surface area contributed by atoms with Crippen LogP contribution in [0.4, 0.5) is 5.00 Å². The maximum Gasteiger partial charge on any atom is 0.340 e. The summed E-state index contributed by atoms with van der Waals surface area (Å²) in [5.74, 6) is -0.426. The number of aryl methyl sites for hydroxylation is 1. The maximum absolute atomic E-state index is 11.1. The molecular formula is C12H13N3O3S. The Morgan fingerprint density at radius 3 is 2.89 bits per heavy atom. The fourth-order valence-corrected chi connectivity index (χ4v) is 2.34. The van der Waals surface area contributed by atoms with E-state index in [1.54, 1.807) is 26.3 Å². The van der Waals surface area contributed by atoms with Gasteiger partial charge in [-0.2, -0.15) is 4.37 Å². The van der Waals surface area contributed by atoms with Gasteiger partial charge in [0.1, 0.15) is 10.6 Å². The number of rotatable bonds is 5. The fraction of sp³-hybridized carbons (Fsp3) is 0.250. The summed E-state index contributed by atoms with van der Waals surface area (Å²) in [4.78, 5) is 15.2. The number of anilines is 1. The van der Waals surface area contributed by atoms with Crippen molar-refractivity contribution in [3.8, 4) is 5.88 Å². The highest BCUT2D eigenvalue weighted by Gasteiger charge is 2.17. The quantitative estimate of drug-likeness (QED) is 0.872. The minimum atomic E-state index is -0.971. The number of nitrogens with one attached hydrogen (secondary N) is 1. The van der Waals surface area contributed by atoms with Crippen molar-refractivity contribution in [1.29, 1.82) is 0 Å². The molecule has 2 aromatic rings. The molecule has 0 amide bonds. The molecule has 0 spiro atoms. The number of nitrogens with zero attached hydrogens (tertiary/aromatic N) is 2. The smallest absolute Gasteiger partial charge is 0.340 e. The van der Waals surface area contributed by atoms with E-state index in [4.69, 9.17) is 9.84 Å². The van der Waals surface area contributed by atoms with Crippen molar-refractivity contribution in [3.63, 3.8) is 0 Å². The zero-order valence-corrected chi connectivity index (χ0v) is 11.3. The Hall–Kier alpha value is -2.15. The van der Waals surface area contributed by atoms with Crippen molar-refractivity contribution < 1.29 is 14.6 Å². The van der Waals surface area contributed by atoms with Crippen LogP contribution in [0.1, 0.15) is 21.6 Å². The predicted octanol–water partition coefficient (Wildman–Crippen LogP) is 2.17. The summed E-state index contributed by atoms with van der Waals surface area (Å²) >= 11 is 1.14. The van der Waals surface area contributed by atoms with E-state index in [0.717, 1.165) is 17.1 Å². The number of ether oxygens (including phenoxy) is 1. The van der Waals surface area contributed by atoms with Gasteiger partial charge in [-0.3, -0.25) is 0 Å². The van der Waals surface area contributed by atoms with Crippen LogP contribution in [0.2, 0.25) is 0 Å². The van der Waals surface area contributed by atoms with Gasteiger partial charge >= 0.3 is 5.97 Å². The predicted molar refractivity (Wildman–Crippen MR) is 71.9 cm³/mol. The van der Waals surface area contributed by atoms with Crippen molar-refractivity contribution in [1.82, 2.24) is 9.36 Å². The largest absolute Gasteiger partial charge is 0.481 e. The average molecular weight is 279 g/mol. The number of carbonyl (C=O) groups is 1. The molecule has 2 aromatic heterocycles. The van der Waals surface area contributed by atoms with Crippen molar-refractivity contribution in [2.45, 2.75) is 13.5 Å². The van der Waals surface area contributed by atoms with Gasteiger partial charge in [-0.25, -0.2) is 9.78 Å². The van der Waals surface area contributed by atoms with E-state index in [-0.39, 0.29) is 5.56 Å². The van der Waals surface area contributed by atoms with Crippen molar-refractivity contribution in [3.05, 3.63) is 35.2 Å². The summed E-state index contributed by atoms with van der Waals surface area (Å²) in [6, 6.07) is 3.63. The summed E-state index contributed by atoms with van der Waals surface area (Å²) < 4.78 is 9.01. The lowest BCUT2D eigenvalue weighted by molar-refractivity contribution is 0.0697. The molecule has 0 saturated carbocycles. The van der Waals surface area contributed by atoms with Gasteiger partial charge in [0.15, 0.2) is 0 Å². The topological polar surface area (TPSA) is 84.3 Å². The molecule has 0 fully saturated rings. The molecule has 2 rings (SSSR count). The van der Waals surface area contributed by atoms with E-state index in [1.165, 1.54) is 0 Å². The third-order valence-electron chi connectivity index (χ3n) is 2.54. The van der Waals surface area contributed by atoms with E-state index in [2.05, 4.69) is 14.7 Å². The molecule has 0 aliphatic carbocycles. The van der Waals surface area contributed by atoms with Crippen LogP contribution in [-0.2, 0) is 6.54 Å². The molecule has 7 heteroatoms. The molecule has 0 unspecified atom stereocenters. The summed E-state index contributed by atoms with van der Waals surface area (Å²) in [5, 5.41) is 12.7. The highest BCUT2D eigenvalue weighted by molar-refractivity contribution is 7.10. The molecule has 2 N–H and O–H groups in total. The van der Waals surface area contributed by atoms with Crippen molar-refractivity contribution >= 4 is 22.5 Å². The molecule has 0 atom stereocenters. The number of carboxylic acids is 1. The Labute approximate surface area is 114 Å². The molecule has 0 bridgehead atoms. The monoisotopic (exact) mass is 279 g/mol. The molecule has 0 saturated heterocycles. The Morgan fingerprint density at radius 1 is 1.53 bits per heavy atom. The highest BCUT2D eigenvalue weighted by atomic mass is 32.1. The average Bonchev–Trinajstić information content (AvgIpc) is 2.78. The van der Waals surface area contributed by atoms with Crippen LogP contribution in [0.5, 0.6) is 5.88 Å². The molecular weight excluding hydrogens is 266 g/mol. The van der Waals surface area contributed by atoms with E-state index < -0.39 is 5.97 Å². The van der Waals surface area contributed by atoms with Gasteiger partial charge in [-0.1, -0.05) is 6.07 Å². The van der Waals surface area contributed by atoms with E-state index >= 15 is 0 Å². The molecule has 0 aliphatic rings. The van der Waals surface area contributed by atoms with E-state index in [0.29, 0.717) is 23.1 Å². The second kappa shape index (κ2) is 5.66. The zero-order chi connectivity index (χ0) is 13.8. The van der Waals surface area contributed by atoms with Crippen molar-refractivity contribution in [2.24, 2.45) is 0 Å². The highest BCUT2D eigenvalue weighted by Crippen LogP contribution is 2.24. The number of pyridine rings is 1. The Kier molecular flexibility index (Phi) is 3.96. The minimum absolute atomic E-state index is 0.228. The third-order valence-corrected chi connectivity index (χ3v) is 3.43. The second-order valence-electron chi connectivity index (χ2n) is 3.84. The lowest BCUT2D eigenvalue weighted by atomic mass is 10.2. The summed E-state index contributed by atoms with van der Waals surface area (Å²) in [7, 11) is 1.56. The zero-order valence-electron chi connectivity index (χ0n) is 10.5. The lowest BCUT2D eigenvalue weighted by Crippen LogP contribution is -2.05. The third kappa shape index (κ3) is 3.00. The van der Waals surface area contributed by atoms with E-state index in [1.807, 2.05) is 6.07 Å². The summed E-state index contributed by atoms with van der Waals surface area (Å²) in [6.07, 6.45) is 1.68. The number of aromatic nitrogens is 2. The first-order valence-electron chi connectivity index (χ1n) is 5.54. The van der Waals surface area contributed by atoms with Crippen LogP contribution in [0.15, 0.2) is 18.3 Å². The Bertz CT molecular complexity index is 580. The van der Waals surface area contributed by atoms with E-state index in [9.17, 15) is 4.79 Å². The molecule has 0 aliphatic heterocycles. The van der Waals surface area contributed by atoms with Gasteiger partial charge < -0.3 is 15.2 Å². The second-order valence-corrected chi connectivity index (χ2v) is 4.61. The Morgan fingerprint density at radius 2 is 2.32 bits per heavy atom. The lowest BCUT2D eigenvalue weighted by Gasteiger charge is -2.05. The molecule has 2 heterocycles. The molecule has 0 aromatic carbocycles. The summed E-state index contributed by atoms with van der Waals surface area (Å²) in [5.41, 5.74) is 1.68. The fourth-order valence-electron chi connectivity index (χ4n) is 1.56. The number of hydrogen-bond acceptors (Lipinski definition) is 6. The van der Waals surface area contributed by atoms with Crippen molar-refractivity contribution in [2.75, 3.05) is 12.4 Å². The Balaban J connectivity index is 2.08. The van der Waals surface area contributed by atoms with Gasteiger partial charge in [-0.05, 0) is 24.0 Å². The van der Waals surface area contributed by atoms with Crippen LogP contribution in [-0.4, -0.2) is 27.5 Å². The van der Waals surface area contributed by atoms with Crippen LogP contribution in [0.25, 0.3) is 0 Å². The van der Waals surface area contributed by atoms with Gasteiger partial charge in [-0.15, -0.1) is 0 Å². The van der Waals surface area contributed by atoms with Gasteiger partial charge in [0.2, 0.25) is 5.88 Å². The molecule has 19 heavy (non-hydrogen) atoms. The van der Waals surface area contributed by atoms with Gasteiger partial charge in [0, 0.05) is 18.8 Å². The van der Waals surface area contributed by atoms with Gasteiger partial charge in [0.05, 0.1) is 12.8 Å². The standard InChI is InChI=1S/C12H13N3O3S/c1-7-10(12(16)17)11(19-15-7)14-6-8-3-4-9(18-2)13-5-8/h3-5,14H,6H2,1-2H3,(H,16,17). The number of aromatic carboxylic acids is 1. The minimum Gasteiger partial charge on any atom is -0.481 e. The number of methoxy groups -OCH3 is 1.